The smallest absolute Gasteiger partial charge is 0.314 e. The molecule has 1 aliphatic rings. The molecule has 3 nitrogen and oxygen atoms in total. The maximum absolute atomic E-state index is 11.6. The number of methoxy groups -OCH3 is 1. The highest BCUT2D eigenvalue weighted by Crippen LogP contribution is 2.25. The van der Waals surface area contributed by atoms with Crippen LogP contribution in [0.15, 0.2) is 23.2 Å². The van der Waals surface area contributed by atoms with Crippen molar-refractivity contribution in [3.05, 3.63) is 32.9 Å². The van der Waals surface area contributed by atoms with Crippen LogP contribution in [0.4, 0.5) is 0 Å². The number of ether oxygens (including phenoxy) is 1. The molecule has 90 valence electrons. The number of hydrogen-bond acceptors (Lipinski definition) is 3. The van der Waals surface area contributed by atoms with E-state index in [2.05, 4.69) is 33.6 Å². The van der Waals surface area contributed by atoms with E-state index in [1.807, 2.05) is 19.1 Å². The van der Waals surface area contributed by atoms with E-state index in [9.17, 15) is 4.79 Å². The fourth-order valence-corrected chi connectivity index (χ4v) is 2.85. The molecule has 0 aliphatic carbocycles. The highest BCUT2D eigenvalue weighted by Gasteiger charge is 2.25. The van der Waals surface area contributed by atoms with Crippen LogP contribution in [0.2, 0.25) is 0 Å². The van der Waals surface area contributed by atoms with Crippen LogP contribution >= 0.6 is 22.6 Å². The second-order valence-corrected chi connectivity index (χ2v) is 5.19. The molecule has 1 aromatic carbocycles. The summed E-state index contributed by atoms with van der Waals surface area (Å²) in [6, 6.07) is 6.13. The Bertz CT molecular complexity index is 482. The Kier molecular flexibility index (Phi) is 3.81. The van der Waals surface area contributed by atoms with E-state index >= 15 is 0 Å². The van der Waals surface area contributed by atoms with Gasteiger partial charge in [-0.15, -0.1) is 0 Å². The molecule has 0 saturated carbocycles. The third kappa shape index (κ3) is 2.36. The minimum absolute atomic E-state index is 0.226. The van der Waals surface area contributed by atoms with Crippen LogP contribution in [0.1, 0.15) is 18.1 Å². The van der Waals surface area contributed by atoms with Crippen molar-refractivity contribution < 1.29 is 9.53 Å². The molecular formula is C13H14INO2. The van der Waals surface area contributed by atoms with Crippen molar-refractivity contribution in [2.75, 3.05) is 13.7 Å². The van der Waals surface area contributed by atoms with Crippen molar-refractivity contribution in [2.45, 2.75) is 13.3 Å². The lowest BCUT2D eigenvalue weighted by atomic mass is 9.91. The summed E-state index contributed by atoms with van der Waals surface area (Å²) in [5.74, 6) is -0.521. The van der Waals surface area contributed by atoms with Gasteiger partial charge in [0.25, 0.3) is 0 Å². The number of halogens is 1. The summed E-state index contributed by atoms with van der Waals surface area (Å²) in [5, 5.41) is 0. The molecule has 1 atom stereocenters. The van der Waals surface area contributed by atoms with Crippen molar-refractivity contribution in [3.8, 4) is 0 Å². The van der Waals surface area contributed by atoms with Gasteiger partial charge in [0.15, 0.2) is 0 Å². The van der Waals surface area contributed by atoms with Gasteiger partial charge >= 0.3 is 5.97 Å². The van der Waals surface area contributed by atoms with Gasteiger partial charge in [-0.3, -0.25) is 9.79 Å². The zero-order valence-corrected chi connectivity index (χ0v) is 12.0. The largest absolute Gasteiger partial charge is 0.469 e. The first-order chi connectivity index (χ1) is 8.15. The Balaban J connectivity index is 2.42. The monoisotopic (exact) mass is 343 g/mol. The van der Waals surface area contributed by atoms with Crippen LogP contribution in [-0.2, 0) is 16.0 Å². The van der Waals surface area contributed by atoms with E-state index < -0.39 is 0 Å². The van der Waals surface area contributed by atoms with E-state index in [4.69, 9.17) is 4.74 Å². The Hall–Kier alpha value is -0.910. The van der Waals surface area contributed by atoms with Gasteiger partial charge in [0, 0.05) is 15.7 Å². The van der Waals surface area contributed by atoms with Crippen molar-refractivity contribution in [1.82, 2.24) is 0 Å². The molecule has 0 radical (unpaired) electrons. The predicted molar refractivity (Wildman–Crippen MR) is 75.4 cm³/mol. The standard InChI is InChI=1S/C13H14INO2/c1-8(13(16)17-2)12-10-4-3-5-11(14)9(10)6-7-15-12/h3-5,8H,6-7H2,1-2H3. The highest BCUT2D eigenvalue weighted by atomic mass is 127. The number of rotatable bonds is 2. The van der Waals surface area contributed by atoms with E-state index in [1.54, 1.807) is 0 Å². The molecule has 17 heavy (non-hydrogen) atoms. The molecule has 0 amide bonds. The summed E-state index contributed by atoms with van der Waals surface area (Å²) in [4.78, 5) is 16.1. The van der Waals surface area contributed by atoms with Crippen LogP contribution in [0, 0.1) is 9.49 Å². The Morgan fingerprint density at radius 3 is 3.00 bits per heavy atom. The number of fused-ring (bicyclic) bond motifs is 1. The van der Waals surface area contributed by atoms with Crippen LogP contribution in [0.25, 0.3) is 0 Å². The molecular weight excluding hydrogens is 329 g/mol. The summed E-state index contributed by atoms with van der Waals surface area (Å²) in [6.45, 7) is 2.60. The fraction of sp³-hybridized carbons (Fsp3) is 0.385. The Morgan fingerprint density at radius 1 is 1.53 bits per heavy atom. The average Bonchev–Trinajstić information content (AvgIpc) is 2.37. The first kappa shape index (κ1) is 12.5. The van der Waals surface area contributed by atoms with Crippen molar-refractivity contribution in [2.24, 2.45) is 10.9 Å². The molecule has 1 aromatic rings. The SMILES string of the molecule is COC(=O)C(C)C1=NCCc2c(I)cccc21. The molecule has 1 aliphatic heterocycles. The molecule has 4 heteroatoms. The van der Waals surface area contributed by atoms with E-state index in [0.717, 1.165) is 24.2 Å². The number of nitrogens with zero attached hydrogens (tertiary/aromatic N) is 1. The second kappa shape index (κ2) is 5.16. The molecule has 0 N–H and O–H groups in total. The molecule has 0 aromatic heterocycles. The van der Waals surface area contributed by atoms with Gasteiger partial charge in [-0.2, -0.15) is 0 Å². The summed E-state index contributed by atoms with van der Waals surface area (Å²) in [6.07, 6.45) is 0.950. The highest BCUT2D eigenvalue weighted by molar-refractivity contribution is 14.1. The molecule has 1 heterocycles. The number of benzene rings is 1. The Morgan fingerprint density at radius 2 is 2.29 bits per heavy atom. The van der Waals surface area contributed by atoms with Crippen LogP contribution in [-0.4, -0.2) is 25.3 Å². The molecule has 0 bridgehead atoms. The Labute approximate surface area is 114 Å². The fourth-order valence-electron chi connectivity index (χ4n) is 2.08. The molecule has 1 unspecified atom stereocenters. The normalized spacial score (nSPS) is 15.8. The van der Waals surface area contributed by atoms with Gasteiger partial charge in [-0.25, -0.2) is 0 Å². The molecule has 0 saturated heterocycles. The van der Waals surface area contributed by atoms with Crippen LogP contribution in [0.5, 0.6) is 0 Å². The van der Waals surface area contributed by atoms with E-state index in [-0.39, 0.29) is 11.9 Å². The topological polar surface area (TPSA) is 38.7 Å². The van der Waals surface area contributed by atoms with Gasteiger partial charge in [0.2, 0.25) is 0 Å². The summed E-state index contributed by atoms with van der Waals surface area (Å²) in [5.41, 5.74) is 3.26. The van der Waals surface area contributed by atoms with Crippen LogP contribution in [0.3, 0.4) is 0 Å². The summed E-state index contributed by atoms with van der Waals surface area (Å²) >= 11 is 2.33. The number of esters is 1. The maximum Gasteiger partial charge on any atom is 0.314 e. The molecule has 0 fully saturated rings. The molecule has 2 rings (SSSR count). The van der Waals surface area contributed by atoms with Gasteiger partial charge < -0.3 is 4.74 Å². The lowest BCUT2D eigenvalue weighted by Gasteiger charge is -2.21. The first-order valence-electron chi connectivity index (χ1n) is 5.55. The summed E-state index contributed by atoms with van der Waals surface area (Å²) < 4.78 is 6.03. The van der Waals surface area contributed by atoms with E-state index in [0.29, 0.717) is 0 Å². The number of hydrogen-bond donors (Lipinski definition) is 0. The minimum atomic E-state index is -0.294. The van der Waals surface area contributed by atoms with Crippen molar-refractivity contribution in [1.29, 1.82) is 0 Å². The van der Waals surface area contributed by atoms with Gasteiger partial charge in [0.05, 0.1) is 18.7 Å². The number of aliphatic imine (C=N–C) groups is 1. The zero-order valence-electron chi connectivity index (χ0n) is 9.87. The average molecular weight is 343 g/mol. The minimum Gasteiger partial charge on any atom is -0.469 e. The van der Waals surface area contributed by atoms with Gasteiger partial charge in [-0.1, -0.05) is 12.1 Å². The predicted octanol–water partition coefficient (Wildman–Crippen LogP) is 2.45. The molecule has 0 spiro atoms. The number of carbonyl (C=O) groups is 1. The third-order valence-electron chi connectivity index (χ3n) is 3.00. The maximum atomic E-state index is 11.6. The van der Waals surface area contributed by atoms with Crippen molar-refractivity contribution >= 4 is 34.3 Å². The first-order valence-corrected chi connectivity index (χ1v) is 6.63. The lowest BCUT2D eigenvalue weighted by molar-refractivity contribution is -0.142. The zero-order chi connectivity index (χ0) is 12.4. The lowest BCUT2D eigenvalue weighted by Crippen LogP contribution is -2.27. The summed E-state index contributed by atoms with van der Waals surface area (Å²) in [7, 11) is 1.41. The number of carbonyl (C=O) groups excluding carboxylic acids is 1. The van der Waals surface area contributed by atoms with Crippen LogP contribution < -0.4 is 0 Å². The van der Waals surface area contributed by atoms with Gasteiger partial charge in [-0.05, 0) is 47.6 Å². The van der Waals surface area contributed by atoms with E-state index in [1.165, 1.54) is 16.2 Å². The second-order valence-electron chi connectivity index (χ2n) is 4.03. The third-order valence-corrected chi connectivity index (χ3v) is 4.01. The van der Waals surface area contributed by atoms with Crippen molar-refractivity contribution in [3.63, 3.8) is 0 Å². The quantitative estimate of drug-likeness (QED) is 0.611. The van der Waals surface area contributed by atoms with Gasteiger partial charge in [0.1, 0.15) is 0 Å².